The van der Waals surface area contributed by atoms with Gasteiger partial charge in [-0.15, -0.1) is 0 Å². The summed E-state index contributed by atoms with van der Waals surface area (Å²) in [5.74, 6) is 2.59. The Balaban J connectivity index is 0.000000810. The molecule has 0 aromatic rings. The van der Waals surface area contributed by atoms with Crippen LogP contribution in [0.25, 0.3) is 0 Å². The minimum absolute atomic E-state index is 0. The van der Waals surface area contributed by atoms with Gasteiger partial charge < -0.3 is 5.92 Å². The van der Waals surface area contributed by atoms with E-state index in [-0.39, 0.29) is 21.7 Å². The topological polar surface area (TPSA) is 0 Å². The largest absolute Gasteiger partial charge is 2.00 e. The van der Waals surface area contributed by atoms with Crippen molar-refractivity contribution in [3.05, 3.63) is 5.92 Å². The fraction of sp³-hybridized carbons (Fsp3) is 0.889. The molecule has 1 aliphatic carbocycles. The van der Waals surface area contributed by atoms with Crippen molar-refractivity contribution in [2.45, 2.75) is 40.5 Å². The van der Waals surface area contributed by atoms with Gasteiger partial charge in [-0.05, 0) is 0 Å². The number of rotatable bonds is 0. The normalized spacial score (nSPS) is 31.8. The standard InChI is InChI=1S/C9H17.Ti/c1-7-5-6-8(2)9(7,3)4;/h7H,5-6H2,1-4H3;/q-1;+2. The van der Waals surface area contributed by atoms with E-state index >= 15 is 0 Å². The molecule has 1 atom stereocenters. The van der Waals surface area contributed by atoms with Crippen molar-refractivity contribution >= 4 is 0 Å². The second kappa shape index (κ2) is 3.41. The molecule has 1 saturated carbocycles. The first-order chi connectivity index (χ1) is 4.05. The average molecular weight is 173 g/mol. The van der Waals surface area contributed by atoms with Gasteiger partial charge in [0.1, 0.15) is 0 Å². The molecule has 1 heteroatoms. The zero-order valence-corrected chi connectivity index (χ0v) is 9.05. The molecule has 0 heterocycles. The molecule has 1 unspecified atom stereocenters. The van der Waals surface area contributed by atoms with E-state index in [9.17, 15) is 0 Å². The summed E-state index contributed by atoms with van der Waals surface area (Å²) in [6.45, 7) is 9.38. The van der Waals surface area contributed by atoms with E-state index in [4.69, 9.17) is 0 Å². The van der Waals surface area contributed by atoms with Crippen LogP contribution in [0.1, 0.15) is 40.5 Å². The fourth-order valence-corrected chi connectivity index (χ4v) is 1.54. The molecule has 0 bridgehead atoms. The molecule has 0 saturated heterocycles. The molecule has 1 fully saturated rings. The van der Waals surface area contributed by atoms with Gasteiger partial charge in [0.15, 0.2) is 0 Å². The van der Waals surface area contributed by atoms with E-state index in [1.165, 1.54) is 12.8 Å². The van der Waals surface area contributed by atoms with Gasteiger partial charge in [0.05, 0.1) is 0 Å². The van der Waals surface area contributed by atoms with Gasteiger partial charge in [-0.2, -0.15) is 18.8 Å². The maximum atomic E-state index is 2.36. The van der Waals surface area contributed by atoms with Crippen LogP contribution in [-0.4, -0.2) is 0 Å². The summed E-state index contributed by atoms with van der Waals surface area (Å²) < 4.78 is 0. The van der Waals surface area contributed by atoms with Crippen LogP contribution < -0.4 is 0 Å². The fourth-order valence-electron chi connectivity index (χ4n) is 1.54. The molecule has 0 amide bonds. The summed E-state index contributed by atoms with van der Waals surface area (Å²) in [6, 6.07) is 0. The molecule has 0 nitrogen and oxygen atoms in total. The maximum Gasteiger partial charge on any atom is 2.00 e. The van der Waals surface area contributed by atoms with E-state index in [1.54, 1.807) is 5.92 Å². The van der Waals surface area contributed by atoms with Gasteiger partial charge in [-0.25, -0.2) is 0 Å². The Morgan fingerprint density at radius 2 is 1.90 bits per heavy atom. The smallest absolute Gasteiger partial charge is 0.311 e. The zero-order valence-electron chi connectivity index (χ0n) is 7.49. The molecule has 0 radical (unpaired) electrons. The van der Waals surface area contributed by atoms with Crippen LogP contribution in [0.5, 0.6) is 0 Å². The molecule has 0 spiro atoms. The molecular weight excluding hydrogens is 156 g/mol. The minimum Gasteiger partial charge on any atom is -0.311 e. The molecule has 0 aromatic heterocycles. The Bertz CT molecular complexity index is 95.3. The molecular formula is C9H17Ti+. The summed E-state index contributed by atoms with van der Waals surface area (Å²) in [5, 5.41) is 0. The average Bonchev–Trinajstić information content (AvgIpc) is 1.96. The van der Waals surface area contributed by atoms with Crippen molar-refractivity contribution in [1.82, 2.24) is 0 Å². The predicted octanol–water partition coefficient (Wildman–Crippen LogP) is 3.03. The summed E-state index contributed by atoms with van der Waals surface area (Å²) in [5.41, 5.74) is 0.528. The number of hydrogen-bond acceptors (Lipinski definition) is 0. The summed E-state index contributed by atoms with van der Waals surface area (Å²) >= 11 is 0. The molecule has 0 N–H and O–H groups in total. The Kier molecular flexibility index (Phi) is 3.65. The number of hydrogen-bond donors (Lipinski definition) is 0. The summed E-state index contributed by atoms with van der Waals surface area (Å²) in [7, 11) is 0. The zero-order chi connectivity index (χ0) is 7.07. The van der Waals surface area contributed by atoms with Crippen LogP contribution in [0, 0.1) is 17.3 Å². The van der Waals surface area contributed by atoms with E-state index < -0.39 is 0 Å². The van der Waals surface area contributed by atoms with Gasteiger partial charge in [-0.3, -0.25) is 0 Å². The van der Waals surface area contributed by atoms with Crippen LogP contribution in [0.15, 0.2) is 0 Å². The third kappa shape index (κ3) is 1.65. The van der Waals surface area contributed by atoms with Crippen LogP contribution >= 0.6 is 0 Å². The molecule has 1 rings (SSSR count). The van der Waals surface area contributed by atoms with Crippen molar-refractivity contribution < 1.29 is 21.7 Å². The third-order valence-corrected chi connectivity index (χ3v) is 3.28. The van der Waals surface area contributed by atoms with Crippen LogP contribution in [0.3, 0.4) is 0 Å². The van der Waals surface area contributed by atoms with Crippen LogP contribution in [0.2, 0.25) is 0 Å². The van der Waals surface area contributed by atoms with Crippen LogP contribution in [0.4, 0.5) is 0 Å². The Hall–Kier alpha value is 0.714. The minimum atomic E-state index is 0. The van der Waals surface area contributed by atoms with E-state index in [0.29, 0.717) is 5.41 Å². The van der Waals surface area contributed by atoms with E-state index in [0.717, 1.165) is 5.92 Å². The molecule has 0 aliphatic heterocycles. The SMILES string of the molecule is C[C-]1CCC(C)C1(C)C.[Ti+2]. The second-order valence-electron chi connectivity index (χ2n) is 3.94. The molecule has 0 aromatic carbocycles. The first-order valence-corrected chi connectivity index (χ1v) is 3.88. The van der Waals surface area contributed by atoms with Crippen molar-refractivity contribution in [2.75, 3.05) is 0 Å². The van der Waals surface area contributed by atoms with Gasteiger partial charge in [0.25, 0.3) is 0 Å². The van der Waals surface area contributed by atoms with Crippen molar-refractivity contribution in [3.8, 4) is 0 Å². The van der Waals surface area contributed by atoms with Crippen molar-refractivity contribution in [1.29, 1.82) is 0 Å². The Morgan fingerprint density at radius 1 is 1.40 bits per heavy atom. The molecule has 1 aliphatic rings. The molecule has 56 valence electrons. The third-order valence-electron chi connectivity index (χ3n) is 3.28. The first kappa shape index (κ1) is 10.7. The van der Waals surface area contributed by atoms with E-state index in [2.05, 4.69) is 27.7 Å². The quantitative estimate of drug-likeness (QED) is 0.390. The van der Waals surface area contributed by atoms with Gasteiger partial charge in [0.2, 0.25) is 0 Å². The van der Waals surface area contributed by atoms with Gasteiger partial charge >= 0.3 is 21.7 Å². The van der Waals surface area contributed by atoms with Gasteiger partial charge in [-0.1, -0.05) is 33.1 Å². The Labute approximate surface area is 79.7 Å². The monoisotopic (exact) mass is 173 g/mol. The summed E-state index contributed by atoms with van der Waals surface area (Å²) in [4.78, 5) is 0. The van der Waals surface area contributed by atoms with Gasteiger partial charge in [0, 0.05) is 0 Å². The second-order valence-corrected chi connectivity index (χ2v) is 3.94. The Morgan fingerprint density at radius 3 is 2.00 bits per heavy atom. The summed E-state index contributed by atoms with van der Waals surface area (Å²) in [6.07, 6.45) is 2.76. The van der Waals surface area contributed by atoms with Crippen molar-refractivity contribution in [2.24, 2.45) is 11.3 Å². The molecule has 10 heavy (non-hydrogen) atoms. The van der Waals surface area contributed by atoms with Crippen molar-refractivity contribution in [3.63, 3.8) is 0 Å². The maximum absolute atomic E-state index is 2.36. The first-order valence-electron chi connectivity index (χ1n) is 3.88. The van der Waals surface area contributed by atoms with Crippen LogP contribution in [-0.2, 0) is 21.7 Å². The predicted molar refractivity (Wildman–Crippen MR) is 41.1 cm³/mol. The van der Waals surface area contributed by atoms with E-state index in [1.807, 2.05) is 0 Å².